The first kappa shape index (κ1) is 13.3. The van der Waals surface area contributed by atoms with Gasteiger partial charge in [0, 0.05) is 36.7 Å². The van der Waals surface area contributed by atoms with Gasteiger partial charge >= 0.3 is 0 Å². The molecular weight excluding hydrogens is 208 g/mol. The summed E-state index contributed by atoms with van der Waals surface area (Å²) in [6, 6.07) is 1.08. The van der Waals surface area contributed by atoms with E-state index in [1.807, 2.05) is 7.05 Å². The summed E-state index contributed by atoms with van der Waals surface area (Å²) in [6.07, 6.45) is 1.10. The molecule has 1 heterocycles. The molecule has 1 N–H and O–H groups in total. The molecule has 0 aromatic rings. The summed E-state index contributed by atoms with van der Waals surface area (Å²) in [5.41, 5.74) is 0. The van der Waals surface area contributed by atoms with Crippen LogP contribution in [0.15, 0.2) is 0 Å². The standard InChI is InChI=1S/C11H24N2OS/c1-4-6-14-8-10(12-2)11-9-15-7-5-13(11)3/h10-12H,4-9H2,1-3H3. The Morgan fingerprint density at radius 2 is 2.40 bits per heavy atom. The van der Waals surface area contributed by atoms with Crippen LogP contribution in [0.3, 0.4) is 0 Å². The lowest BCUT2D eigenvalue weighted by Gasteiger charge is -2.37. The number of likely N-dealkylation sites (N-methyl/N-ethyl adjacent to an activating group) is 2. The van der Waals surface area contributed by atoms with E-state index in [1.165, 1.54) is 18.1 Å². The molecule has 90 valence electrons. The summed E-state index contributed by atoms with van der Waals surface area (Å²) in [5, 5.41) is 3.38. The second-order valence-electron chi connectivity index (χ2n) is 4.09. The van der Waals surface area contributed by atoms with E-state index in [4.69, 9.17) is 4.74 Å². The lowest BCUT2D eigenvalue weighted by atomic mass is 10.1. The fourth-order valence-electron chi connectivity index (χ4n) is 1.87. The molecule has 0 radical (unpaired) electrons. The van der Waals surface area contributed by atoms with E-state index >= 15 is 0 Å². The van der Waals surface area contributed by atoms with Gasteiger partial charge in [0.2, 0.25) is 0 Å². The second-order valence-corrected chi connectivity index (χ2v) is 5.24. The molecule has 0 saturated carbocycles. The molecule has 0 aromatic carbocycles. The van der Waals surface area contributed by atoms with Crippen LogP contribution in [-0.4, -0.2) is 62.3 Å². The van der Waals surface area contributed by atoms with E-state index in [0.29, 0.717) is 12.1 Å². The molecule has 0 bridgehead atoms. The molecule has 0 spiro atoms. The lowest BCUT2D eigenvalue weighted by Crippen LogP contribution is -2.53. The molecule has 1 rings (SSSR count). The van der Waals surface area contributed by atoms with Crippen molar-refractivity contribution < 1.29 is 4.74 Å². The Bertz CT molecular complexity index is 169. The first-order chi connectivity index (χ1) is 7.29. The average molecular weight is 232 g/mol. The first-order valence-corrected chi connectivity index (χ1v) is 6.98. The number of hydrogen-bond acceptors (Lipinski definition) is 4. The highest BCUT2D eigenvalue weighted by Crippen LogP contribution is 2.17. The lowest BCUT2D eigenvalue weighted by molar-refractivity contribution is 0.0836. The first-order valence-electron chi connectivity index (χ1n) is 5.82. The van der Waals surface area contributed by atoms with E-state index in [1.54, 1.807) is 0 Å². The molecule has 1 aliphatic heterocycles. The quantitative estimate of drug-likeness (QED) is 0.692. The van der Waals surface area contributed by atoms with Gasteiger partial charge in [-0.05, 0) is 20.5 Å². The van der Waals surface area contributed by atoms with Crippen LogP contribution in [0.5, 0.6) is 0 Å². The zero-order chi connectivity index (χ0) is 11.1. The SMILES string of the molecule is CCCOCC(NC)C1CSCCN1C. The van der Waals surface area contributed by atoms with E-state index in [0.717, 1.165) is 19.6 Å². The molecule has 1 saturated heterocycles. The van der Waals surface area contributed by atoms with E-state index in [-0.39, 0.29) is 0 Å². The van der Waals surface area contributed by atoms with E-state index in [9.17, 15) is 0 Å². The molecule has 0 aliphatic carbocycles. The summed E-state index contributed by atoms with van der Waals surface area (Å²) < 4.78 is 5.64. The maximum Gasteiger partial charge on any atom is 0.0635 e. The maximum atomic E-state index is 5.64. The second kappa shape index (κ2) is 7.49. The van der Waals surface area contributed by atoms with Crippen molar-refractivity contribution in [1.82, 2.24) is 10.2 Å². The van der Waals surface area contributed by atoms with Crippen LogP contribution in [0.25, 0.3) is 0 Å². The molecular formula is C11H24N2OS. The molecule has 2 atom stereocenters. The number of nitrogens with one attached hydrogen (secondary N) is 1. The summed E-state index contributed by atoms with van der Waals surface area (Å²) >= 11 is 2.05. The third kappa shape index (κ3) is 4.31. The van der Waals surface area contributed by atoms with Gasteiger partial charge in [-0.1, -0.05) is 6.92 Å². The Balaban J connectivity index is 2.34. The Kier molecular flexibility index (Phi) is 6.64. The topological polar surface area (TPSA) is 24.5 Å². The van der Waals surface area contributed by atoms with Gasteiger partial charge in [-0.15, -0.1) is 0 Å². The van der Waals surface area contributed by atoms with Gasteiger partial charge in [-0.25, -0.2) is 0 Å². The number of ether oxygens (including phenoxy) is 1. The minimum Gasteiger partial charge on any atom is -0.380 e. The van der Waals surface area contributed by atoms with Crippen LogP contribution >= 0.6 is 11.8 Å². The third-order valence-electron chi connectivity index (χ3n) is 2.92. The summed E-state index contributed by atoms with van der Waals surface area (Å²) in [5.74, 6) is 2.48. The predicted molar refractivity (Wildman–Crippen MR) is 67.7 cm³/mol. The average Bonchev–Trinajstić information content (AvgIpc) is 2.26. The Hall–Kier alpha value is 0.230. The van der Waals surface area contributed by atoms with Gasteiger partial charge in [-0.2, -0.15) is 11.8 Å². The van der Waals surface area contributed by atoms with E-state index < -0.39 is 0 Å². The Labute approximate surface area is 97.9 Å². The number of nitrogens with zero attached hydrogens (tertiary/aromatic N) is 1. The number of thioether (sulfide) groups is 1. The van der Waals surface area contributed by atoms with Crippen molar-refractivity contribution in [3.05, 3.63) is 0 Å². The third-order valence-corrected chi connectivity index (χ3v) is 3.97. The Morgan fingerprint density at radius 3 is 3.00 bits per heavy atom. The van der Waals surface area contributed by atoms with Crippen LogP contribution in [0.2, 0.25) is 0 Å². The molecule has 3 nitrogen and oxygen atoms in total. The van der Waals surface area contributed by atoms with Gasteiger partial charge < -0.3 is 15.0 Å². The van der Waals surface area contributed by atoms with Gasteiger partial charge in [-0.3, -0.25) is 0 Å². The zero-order valence-corrected chi connectivity index (χ0v) is 11.0. The van der Waals surface area contributed by atoms with Crippen LogP contribution in [0.1, 0.15) is 13.3 Å². The molecule has 0 aromatic heterocycles. The smallest absolute Gasteiger partial charge is 0.0635 e. The molecule has 15 heavy (non-hydrogen) atoms. The van der Waals surface area contributed by atoms with Gasteiger partial charge in [0.1, 0.15) is 0 Å². The van der Waals surface area contributed by atoms with Crippen molar-refractivity contribution in [2.24, 2.45) is 0 Å². The van der Waals surface area contributed by atoms with Crippen molar-refractivity contribution in [3.63, 3.8) is 0 Å². The number of rotatable bonds is 6. The highest BCUT2D eigenvalue weighted by atomic mass is 32.2. The minimum atomic E-state index is 0.467. The summed E-state index contributed by atoms with van der Waals surface area (Å²) in [6.45, 7) is 5.06. The highest BCUT2D eigenvalue weighted by molar-refractivity contribution is 7.99. The molecule has 1 aliphatic rings. The van der Waals surface area contributed by atoms with Crippen LogP contribution in [0.4, 0.5) is 0 Å². The summed E-state index contributed by atoms with van der Waals surface area (Å²) in [4.78, 5) is 2.45. The van der Waals surface area contributed by atoms with Crippen molar-refractivity contribution in [3.8, 4) is 0 Å². The molecule has 1 fully saturated rings. The highest BCUT2D eigenvalue weighted by Gasteiger charge is 2.26. The fourth-order valence-corrected chi connectivity index (χ4v) is 3.18. The maximum absolute atomic E-state index is 5.64. The van der Waals surface area contributed by atoms with Crippen molar-refractivity contribution in [1.29, 1.82) is 0 Å². The van der Waals surface area contributed by atoms with Crippen LogP contribution < -0.4 is 5.32 Å². The molecule has 4 heteroatoms. The van der Waals surface area contributed by atoms with Crippen molar-refractivity contribution in [2.45, 2.75) is 25.4 Å². The van der Waals surface area contributed by atoms with Gasteiger partial charge in [0.15, 0.2) is 0 Å². The normalized spacial score (nSPS) is 25.4. The predicted octanol–water partition coefficient (Wildman–Crippen LogP) is 1.05. The largest absolute Gasteiger partial charge is 0.380 e. The van der Waals surface area contributed by atoms with Gasteiger partial charge in [0.05, 0.1) is 6.61 Å². The van der Waals surface area contributed by atoms with Crippen LogP contribution in [-0.2, 0) is 4.74 Å². The monoisotopic (exact) mass is 232 g/mol. The zero-order valence-electron chi connectivity index (χ0n) is 10.2. The summed E-state index contributed by atoms with van der Waals surface area (Å²) in [7, 11) is 4.25. The van der Waals surface area contributed by atoms with Gasteiger partial charge in [0.25, 0.3) is 0 Å². The minimum absolute atomic E-state index is 0.467. The number of hydrogen-bond donors (Lipinski definition) is 1. The van der Waals surface area contributed by atoms with Crippen LogP contribution in [0, 0.1) is 0 Å². The van der Waals surface area contributed by atoms with Crippen molar-refractivity contribution in [2.75, 3.05) is 45.4 Å². The molecule has 2 unspecified atom stereocenters. The Morgan fingerprint density at radius 1 is 1.60 bits per heavy atom. The van der Waals surface area contributed by atoms with Crippen molar-refractivity contribution >= 4 is 11.8 Å². The van der Waals surface area contributed by atoms with E-state index in [2.05, 4.69) is 35.9 Å². The molecule has 0 amide bonds. The fraction of sp³-hybridized carbons (Fsp3) is 1.00.